The zero-order valence-corrected chi connectivity index (χ0v) is 18.8. The predicted octanol–water partition coefficient (Wildman–Crippen LogP) is 6.91. The summed E-state index contributed by atoms with van der Waals surface area (Å²) in [5, 5.41) is 5.34. The lowest BCUT2D eigenvalue weighted by Gasteiger charge is -2.08. The van der Waals surface area contributed by atoms with E-state index in [0.717, 1.165) is 52.8 Å². The Morgan fingerprint density at radius 2 is 1.70 bits per heavy atom. The first-order chi connectivity index (χ1) is 16.2. The molecule has 2 N–H and O–H groups in total. The number of pyridine rings is 1. The van der Waals surface area contributed by atoms with E-state index in [1.54, 1.807) is 0 Å². The molecule has 33 heavy (non-hydrogen) atoms. The van der Waals surface area contributed by atoms with Crippen LogP contribution in [0.15, 0.2) is 84.9 Å². The third-order valence-corrected chi connectivity index (χ3v) is 6.14. The van der Waals surface area contributed by atoms with E-state index in [-0.39, 0.29) is 5.91 Å². The Labute approximate surface area is 193 Å². The molecule has 0 saturated carbocycles. The Morgan fingerprint density at radius 1 is 0.909 bits per heavy atom. The first kappa shape index (κ1) is 21.0. The molecule has 5 aromatic rings. The Balaban J connectivity index is 1.35. The van der Waals surface area contributed by atoms with Gasteiger partial charge in [0.15, 0.2) is 0 Å². The SMILES string of the molecule is CCc1ccc(NC(=O)CCCc2c(-c3ccc4ccccc4n3)[nH]c3ccccc23)cc1. The van der Waals surface area contributed by atoms with Gasteiger partial charge in [-0.2, -0.15) is 0 Å². The Bertz CT molecular complexity index is 1420. The van der Waals surface area contributed by atoms with E-state index >= 15 is 0 Å². The largest absolute Gasteiger partial charge is 0.353 e. The van der Waals surface area contributed by atoms with Crippen molar-refractivity contribution in [3.8, 4) is 11.4 Å². The van der Waals surface area contributed by atoms with Crippen molar-refractivity contribution in [3.63, 3.8) is 0 Å². The number of rotatable bonds is 7. The van der Waals surface area contributed by atoms with Gasteiger partial charge in [-0.05, 0) is 60.7 Å². The summed E-state index contributed by atoms with van der Waals surface area (Å²) in [5.74, 6) is 0.0458. The Kier molecular flexibility index (Phi) is 5.90. The number of hydrogen-bond donors (Lipinski definition) is 2. The van der Waals surface area contributed by atoms with Crippen LogP contribution in [-0.4, -0.2) is 15.9 Å². The number of nitrogens with one attached hydrogen (secondary N) is 2. The van der Waals surface area contributed by atoms with Gasteiger partial charge in [-0.1, -0.05) is 61.5 Å². The number of aromatic amines is 1. The fourth-order valence-corrected chi connectivity index (χ4v) is 4.36. The van der Waals surface area contributed by atoms with E-state index in [0.29, 0.717) is 6.42 Å². The van der Waals surface area contributed by atoms with Crippen LogP contribution in [0.25, 0.3) is 33.2 Å². The van der Waals surface area contributed by atoms with Gasteiger partial charge in [-0.25, -0.2) is 4.98 Å². The smallest absolute Gasteiger partial charge is 0.224 e. The second-order valence-electron chi connectivity index (χ2n) is 8.37. The second kappa shape index (κ2) is 9.29. The molecule has 5 rings (SSSR count). The topological polar surface area (TPSA) is 57.8 Å². The Morgan fingerprint density at radius 3 is 2.55 bits per heavy atom. The molecule has 0 spiro atoms. The molecule has 0 saturated heterocycles. The van der Waals surface area contributed by atoms with E-state index in [2.05, 4.69) is 65.8 Å². The number of nitrogens with zero attached hydrogens (tertiary/aromatic N) is 1. The molecule has 0 fully saturated rings. The summed E-state index contributed by atoms with van der Waals surface area (Å²) < 4.78 is 0. The maximum Gasteiger partial charge on any atom is 0.224 e. The number of fused-ring (bicyclic) bond motifs is 2. The summed E-state index contributed by atoms with van der Waals surface area (Å²) >= 11 is 0. The maximum absolute atomic E-state index is 12.5. The van der Waals surface area contributed by atoms with Gasteiger partial charge in [-0.3, -0.25) is 4.79 Å². The molecule has 0 unspecified atom stereocenters. The number of carbonyl (C=O) groups excluding carboxylic acids is 1. The standard InChI is InChI=1S/C29H27N3O/c1-2-20-14-17-22(18-15-20)30-28(33)13-7-10-24-23-9-4-6-12-26(23)32-29(24)27-19-16-21-8-3-5-11-25(21)31-27/h3-6,8-9,11-12,14-19,32H,2,7,10,13H2,1H3,(H,30,33). The third-order valence-electron chi connectivity index (χ3n) is 6.14. The van der Waals surface area contributed by atoms with Crippen molar-refractivity contribution in [1.82, 2.24) is 9.97 Å². The minimum Gasteiger partial charge on any atom is -0.353 e. The van der Waals surface area contributed by atoms with E-state index < -0.39 is 0 Å². The van der Waals surface area contributed by atoms with E-state index in [4.69, 9.17) is 4.98 Å². The van der Waals surface area contributed by atoms with Crippen LogP contribution in [0.5, 0.6) is 0 Å². The molecule has 0 aliphatic rings. The molecule has 2 aromatic heterocycles. The number of aryl methyl sites for hydroxylation is 2. The van der Waals surface area contributed by atoms with Crippen LogP contribution in [-0.2, 0) is 17.6 Å². The zero-order chi connectivity index (χ0) is 22.6. The molecular formula is C29H27N3O. The van der Waals surface area contributed by atoms with Gasteiger partial charge in [0.05, 0.1) is 16.9 Å². The second-order valence-corrected chi connectivity index (χ2v) is 8.37. The molecule has 2 heterocycles. The third kappa shape index (κ3) is 4.51. The summed E-state index contributed by atoms with van der Waals surface area (Å²) in [7, 11) is 0. The lowest BCUT2D eigenvalue weighted by Crippen LogP contribution is -2.11. The molecule has 4 heteroatoms. The van der Waals surface area contributed by atoms with Crippen molar-refractivity contribution in [3.05, 3.63) is 96.1 Å². The molecule has 0 aliphatic heterocycles. The van der Waals surface area contributed by atoms with Crippen LogP contribution in [0.1, 0.15) is 30.9 Å². The van der Waals surface area contributed by atoms with Crippen LogP contribution in [0.2, 0.25) is 0 Å². The van der Waals surface area contributed by atoms with Gasteiger partial charge in [0.25, 0.3) is 0 Å². The Hall–Kier alpha value is -3.92. The first-order valence-electron chi connectivity index (χ1n) is 11.6. The predicted molar refractivity (Wildman–Crippen MR) is 136 cm³/mol. The first-order valence-corrected chi connectivity index (χ1v) is 11.6. The van der Waals surface area contributed by atoms with Crippen LogP contribution >= 0.6 is 0 Å². The average molecular weight is 434 g/mol. The normalized spacial score (nSPS) is 11.2. The van der Waals surface area contributed by atoms with Crippen LogP contribution < -0.4 is 5.32 Å². The highest BCUT2D eigenvalue weighted by Crippen LogP contribution is 2.31. The minimum absolute atomic E-state index is 0.0458. The van der Waals surface area contributed by atoms with E-state index in [1.165, 1.54) is 16.5 Å². The summed E-state index contributed by atoms with van der Waals surface area (Å²) in [6.45, 7) is 2.12. The van der Waals surface area contributed by atoms with Gasteiger partial charge in [-0.15, -0.1) is 0 Å². The number of amides is 1. The average Bonchev–Trinajstić information content (AvgIpc) is 3.23. The zero-order valence-electron chi connectivity index (χ0n) is 18.8. The molecule has 0 radical (unpaired) electrons. The van der Waals surface area contributed by atoms with Crippen molar-refractivity contribution < 1.29 is 4.79 Å². The van der Waals surface area contributed by atoms with Gasteiger partial charge in [0.2, 0.25) is 5.91 Å². The lowest BCUT2D eigenvalue weighted by molar-refractivity contribution is -0.116. The molecule has 4 nitrogen and oxygen atoms in total. The number of para-hydroxylation sites is 2. The number of hydrogen-bond acceptors (Lipinski definition) is 2. The minimum atomic E-state index is 0.0458. The molecular weight excluding hydrogens is 406 g/mol. The van der Waals surface area contributed by atoms with Gasteiger partial charge in [0, 0.05) is 28.4 Å². The number of aromatic nitrogens is 2. The number of anilines is 1. The van der Waals surface area contributed by atoms with Crippen LogP contribution in [0.3, 0.4) is 0 Å². The monoisotopic (exact) mass is 433 g/mol. The number of H-pyrrole nitrogens is 1. The highest BCUT2D eigenvalue weighted by molar-refractivity contribution is 5.92. The molecule has 1 amide bonds. The number of carbonyl (C=O) groups is 1. The summed E-state index contributed by atoms with van der Waals surface area (Å²) in [5.41, 5.74) is 7.38. The summed E-state index contributed by atoms with van der Waals surface area (Å²) in [4.78, 5) is 21.0. The van der Waals surface area contributed by atoms with Crippen molar-refractivity contribution in [2.24, 2.45) is 0 Å². The van der Waals surface area contributed by atoms with Crippen molar-refractivity contribution >= 4 is 33.4 Å². The highest BCUT2D eigenvalue weighted by atomic mass is 16.1. The van der Waals surface area contributed by atoms with E-state index in [1.807, 2.05) is 36.4 Å². The molecule has 0 atom stereocenters. The van der Waals surface area contributed by atoms with Crippen molar-refractivity contribution in [2.45, 2.75) is 32.6 Å². The van der Waals surface area contributed by atoms with Crippen molar-refractivity contribution in [1.29, 1.82) is 0 Å². The maximum atomic E-state index is 12.5. The summed E-state index contributed by atoms with van der Waals surface area (Å²) in [6.07, 6.45) is 3.03. The molecule has 0 bridgehead atoms. The quantitative estimate of drug-likeness (QED) is 0.293. The van der Waals surface area contributed by atoms with Crippen LogP contribution in [0.4, 0.5) is 5.69 Å². The highest BCUT2D eigenvalue weighted by Gasteiger charge is 2.15. The molecule has 3 aromatic carbocycles. The fraction of sp³-hybridized carbons (Fsp3) is 0.172. The summed E-state index contributed by atoms with van der Waals surface area (Å²) in [6, 6.07) is 28.7. The molecule has 0 aliphatic carbocycles. The van der Waals surface area contributed by atoms with E-state index in [9.17, 15) is 4.79 Å². The van der Waals surface area contributed by atoms with Gasteiger partial charge in [0.1, 0.15) is 0 Å². The van der Waals surface area contributed by atoms with Gasteiger partial charge < -0.3 is 10.3 Å². The van der Waals surface area contributed by atoms with Gasteiger partial charge >= 0.3 is 0 Å². The lowest BCUT2D eigenvalue weighted by atomic mass is 10.0. The van der Waals surface area contributed by atoms with Crippen LogP contribution in [0, 0.1) is 0 Å². The fourth-order valence-electron chi connectivity index (χ4n) is 4.36. The number of benzene rings is 3. The molecule has 164 valence electrons. The van der Waals surface area contributed by atoms with Crippen molar-refractivity contribution in [2.75, 3.05) is 5.32 Å².